The van der Waals surface area contributed by atoms with E-state index in [2.05, 4.69) is 10.5 Å². The second-order valence-electron chi connectivity index (χ2n) is 7.87. The van der Waals surface area contributed by atoms with Crippen molar-refractivity contribution in [1.29, 1.82) is 0 Å². The van der Waals surface area contributed by atoms with Gasteiger partial charge < -0.3 is 24.6 Å². The van der Waals surface area contributed by atoms with Crippen molar-refractivity contribution in [2.45, 2.75) is 70.6 Å². The second-order valence-corrected chi connectivity index (χ2v) is 7.87. The lowest BCUT2D eigenvalue weighted by Gasteiger charge is -2.53. The molecule has 0 radical (unpaired) electrons. The number of amides is 2. The predicted octanol–water partition coefficient (Wildman–Crippen LogP) is 1.20. The van der Waals surface area contributed by atoms with Crippen molar-refractivity contribution in [1.82, 2.24) is 15.4 Å². The van der Waals surface area contributed by atoms with Crippen LogP contribution in [-0.4, -0.2) is 63.9 Å². The Balaban J connectivity index is 1.73. The number of ether oxygens (including phenoxy) is 1. The van der Waals surface area contributed by atoms with Crippen LogP contribution in [0.2, 0.25) is 0 Å². The summed E-state index contributed by atoms with van der Waals surface area (Å²) in [6.45, 7) is 8.40. The molecule has 2 aliphatic heterocycles. The van der Waals surface area contributed by atoms with Crippen molar-refractivity contribution in [2.24, 2.45) is 0 Å². The molecule has 0 aromatic carbocycles. The molecule has 2 atom stereocenters. The predicted molar refractivity (Wildman–Crippen MR) is 97.3 cm³/mol. The van der Waals surface area contributed by atoms with Gasteiger partial charge in [0.15, 0.2) is 0 Å². The van der Waals surface area contributed by atoms with Crippen molar-refractivity contribution >= 4 is 11.8 Å². The van der Waals surface area contributed by atoms with Gasteiger partial charge in [-0.1, -0.05) is 12.1 Å². The zero-order chi connectivity index (χ0) is 19.8. The number of piperidine rings is 1. The summed E-state index contributed by atoms with van der Waals surface area (Å²) in [4.78, 5) is 26.3. The highest BCUT2D eigenvalue weighted by Gasteiger charge is 2.54. The number of nitrogens with zero attached hydrogens (tertiary/aromatic N) is 2. The van der Waals surface area contributed by atoms with Gasteiger partial charge in [0.25, 0.3) is 5.91 Å². The average Bonchev–Trinajstić information content (AvgIpc) is 3.00. The first-order valence-electron chi connectivity index (χ1n) is 9.57. The maximum absolute atomic E-state index is 13.0. The number of aryl methyl sites for hydroxylation is 2. The zero-order valence-electron chi connectivity index (χ0n) is 16.5. The summed E-state index contributed by atoms with van der Waals surface area (Å²) in [5, 5.41) is 17.9. The molecular formula is C19H29N3O5. The molecule has 27 heavy (non-hydrogen) atoms. The monoisotopic (exact) mass is 379 g/mol. The molecule has 1 aromatic heterocycles. The number of rotatable bonds is 3. The fourth-order valence-electron chi connectivity index (χ4n) is 4.39. The van der Waals surface area contributed by atoms with Crippen LogP contribution in [0.4, 0.5) is 0 Å². The summed E-state index contributed by atoms with van der Waals surface area (Å²) >= 11 is 0. The first kappa shape index (κ1) is 19.8. The smallest absolute Gasteiger partial charge is 0.259 e. The largest absolute Gasteiger partial charge is 0.388 e. The van der Waals surface area contributed by atoms with Gasteiger partial charge in [-0.25, -0.2) is 0 Å². The molecule has 2 aliphatic rings. The van der Waals surface area contributed by atoms with Crippen LogP contribution < -0.4 is 5.32 Å². The van der Waals surface area contributed by atoms with E-state index in [1.807, 2.05) is 13.8 Å². The zero-order valence-corrected chi connectivity index (χ0v) is 16.5. The highest BCUT2D eigenvalue weighted by atomic mass is 16.5. The third kappa shape index (κ3) is 3.48. The van der Waals surface area contributed by atoms with Crippen molar-refractivity contribution < 1.29 is 24.0 Å². The third-order valence-corrected chi connectivity index (χ3v) is 5.95. The first-order chi connectivity index (χ1) is 12.7. The van der Waals surface area contributed by atoms with Gasteiger partial charge >= 0.3 is 0 Å². The molecule has 2 saturated heterocycles. The molecule has 1 aromatic rings. The number of aliphatic hydroxyl groups is 1. The van der Waals surface area contributed by atoms with Gasteiger partial charge in [-0.3, -0.25) is 9.59 Å². The van der Waals surface area contributed by atoms with E-state index in [4.69, 9.17) is 9.26 Å². The van der Waals surface area contributed by atoms with E-state index >= 15 is 0 Å². The van der Waals surface area contributed by atoms with Gasteiger partial charge in [0, 0.05) is 26.6 Å². The lowest BCUT2D eigenvalue weighted by Crippen LogP contribution is -2.69. The SMILES string of the molecule is CCc1noc(C)c1C(=O)N1CCC2(CC1)OCC[C@](C)(NC(C)=O)[C@H]2O. The van der Waals surface area contributed by atoms with Crippen molar-refractivity contribution in [3.05, 3.63) is 17.0 Å². The van der Waals surface area contributed by atoms with Crippen LogP contribution in [0, 0.1) is 6.92 Å². The number of carbonyl (C=O) groups is 2. The Bertz CT molecular complexity index is 723. The molecule has 0 unspecified atom stereocenters. The van der Waals surface area contributed by atoms with E-state index in [1.54, 1.807) is 11.8 Å². The van der Waals surface area contributed by atoms with Crippen molar-refractivity contribution in [3.63, 3.8) is 0 Å². The van der Waals surface area contributed by atoms with Crippen molar-refractivity contribution in [3.8, 4) is 0 Å². The van der Waals surface area contributed by atoms with Crippen LogP contribution in [0.15, 0.2) is 4.52 Å². The third-order valence-electron chi connectivity index (χ3n) is 5.95. The first-order valence-corrected chi connectivity index (χ1v) is 9.57. The molecular weight excluding hydrogens is 350 g/mol. The Morgan fingerprint density at radius 3 is 2.59 bits per heavy atom. The maximum Gasteiger partial charge on any atom is 0.259 e. The van der Waals surface area contributed by atoms with Gasteiger partial charge in [-0.05, 0) is 39.5 Å². The molecule has 0 aliphatic carbocycles. The number of likely N-dealkylation sites (tertiary alicyclic amines) is 1. The molecule has 2 amide bonds. The Morgan fingerprint density at radius 2 is 2.00 bits per heavy atom. The van der Waals surface area contributed by atoms with Crippen LogP contribution in [0.1, 0.15) is 61.8 Å². The van der Waals surface area contributed by atoms with Gasteiger partial charge in [0.1, 0.15) is 17.4 Å². The Kier molecular flexibility index (Phi) is 5.31. The van der Waals surface area contributed by atoms with E-state index in [1.165, 1.54) is 6.92 Å². The van der Waals surface area contributed by atoms with Gasteiger partial charge in [0.05, 0.1) is 16.8 Å². The Labute approximate surface area is 159 Å². The highest BCUT2D eigenvalue weighted by Crippen LogP contribution is 2.40. The molecule has 8 heteroatoms. The summed E-state index contributed by atoms with van der Waals surface area (Å²) in [6.07, 6.45) is 1.38. The molecule has 8 nitrogen and oxygen atoms in total. The van der Waals surface area contributed by atoms with E-state index in [9.17, 15) is 14.7 Å². The topological polar surface area (TPSA) is 105 Å². The molecule has 3 heterocycles. The Hall–Kier alpha value is -1.93. The Morgan fingerprint density at radius 1 is 1.33 bits per heavy atom. The number of aromatic nitrogens is 1. The maximum atomic E-state index is 13.0. The van der Waals surface area contributed by atoms with Crippen LogP contribution in [0.3, 0.4) is 0 Å². The van der Waals surface area contributed by atoms with Crippen molar-refractivity contribution in [2.75, 3.05) is 19.7 Å². The van der Waals surface area contributed by atoms with Crippen LogP contribution >= 0.6 is 0 Å². The summed E-state index contributed by atoms with van der Waals surface area (Å²) < 4.78 is 11.2. The molecule has 2 fully saturated rings. The normalized spacial score (nSPS) is 27.6. The van der Waals surface area contributed by atoms with Crippen LogP contribution in [0.5, 0.6) is 0 Å². The second kappa shape index (κ2) is 7.24. The minimum Gasteiger partial charge on any atom is -0.388 e. The molecule has 1 spiro atoms. The average molecular weight is 379 g/mol. The molecule has 0 saturated carbocycles. The minimum atomic E-state index is -0.830. The minimum absolute atomic E-state index is 0.0876. The van der Waals surface area contributed by atoms with E-state index in [0.29, 0.717) is 62.4 Å². The molecule has 150 valence electrons. The van der Waals surface area contributed by atoms with E-state index in [0.717, 1.165) is 0 Å². The lowest BCUT2D eigenvalue weighted by molar-refractivity contribution is -0.205. The van der Waals surface area contributed by atoms with Gasteiger partial charge in [-0.2, -0.15) is 0 Å². The molecule has 0 bridgehead atoms. The lowest BCUT2D eigenvalue weighted by atomic mass is 9.73. The number of carbonyl (C=O) groups excluding carboxylic acids is 2. The standard InChI is InChI=1S/C19H29N3O5/c1-5-14-15(12(2)27-21-14)16(24)22-9-6-19(7-10-22)17(25)18(4,8-11-26-19)20-13(3)23/h17,25H,5-11H2,1-4H3,(H,20,23)/t17-,18+/m1/s1. The summed E-state index contributed by atoms with van der Waals surface area (Å²) in [7, 11) is 0. The molecule has 3 rings (SSSR count). The van der Waals surface area contributed by atoms with Crippen LogP contribution in [-0.2, 0) is 16.0 Å². The van der Waals surface area contributed by atoms with Gasteiger partial charge in [0.2, 0.25) is 5.91 Å². The number of hydrogen-bond acceptors (Lipinski definition) is 6. The number of nitrogens with one attached hydrogen (secondary N) is 1. The fourth-order valence-corrected chi connectivity index (χ4v) is 4.39. The number of hydrogen-bond donors (Lipinski definition) is 2. The van der Waals surface area contributed by atoms with Crippen LogP contribution in [0.25, 0.3) is 0 Å². The quantitative estimate of drug-likeness (QED) is 0.818. The summed E-state index contributed by atoms with van der Waals surface area (Å²) in [6, 6.07) is 0. The molecule has 2 N–H and O–H groups in total. The number of aliphatic hydroxyl groups excluding tert-OH is 1. The van der Waals surface area contributed by atoms with Gasteiger partial charge in [-0.15, -0.1) is 0 Å². The summed E-state index contributed by atoms with van der Waals surface area (Å²) in [5.74, 6) is 0.274. The van der Waals surface area contributed by atoms with E-state index < -0.39 is 17.2 Å². The highest BCUT2D eigenvalue weighted by molar-refractivity contribution is 5.96. The fraction of sp³-hybridized carbons (Fsp3) is 0.737. The summed E-state index contributed by atoms with van der Waals surface area (Å²) in [5.41, 5.74) is -0.258. The van der Waals surface area contributed by atoms with E-state index in [-0.39, 0.29) is 11.8 Å².